The van der Waals surface area contributed by atoms with Gasteiger partial charge in [-0.1, -0.05) is 190 Å². The van der Waals surface area contributed by atoms with Gasteiger partial charge in [0.05, 0.1) is 13.2 Å². The van der Waals surface area contributed by atoms with E-state index in [1.54, 1.807) is 0 Å². The molecule has 0 aliphatic heterocycles. The third kappa shape index (κ3) is 13.1. The van der Waals surface area contributed by atoms with Gasteiger partial charge in [-0.2, -0.15) is 0 Å². The molecule has 0 fully saturated rings. The van der Waals surface area contributed by atoms with E-state index in [0.717, 1.165) is 72.6 Å². The molecule has 2 aromatic heterocycles. The minimum absolute atomic E-state index is 0.0710. The van der Waals surface area contributed by atoms with Crippen LogP contribution in [0.15, 0.2) is 65.3 Å². The molecule has 71 heavy (non-hydrogen) atoms. The largest absolute Gasteiger partial charge is 0.399 e. The highest BCUT2D eigenvalue weighted by Gasteiger charge is 2.31. The molecule has 1 atom stereocenters. The standard InChI is InChI=1S/C62H93NO6P2/c1-38(26-28-64-70-66-51-43(30-39(55(2,3)4)34-47(51)59(14,15)16)44-31-40(56(5,6)7)35-48(52(44)67-70)60(17,18)19)63-27-29-65-71-68-53-45(32-41(57(8,9)10)36-49(53)61(20,21)22)46-33-42(58(11,12)13)37-50(54(46)69-71)62(23,24)25/h30-38,63H,26-29H2,1-25H3. The number of hydrogen-bond acceptors (Lipinski definition) is 7. The van der Waals surface area contributed by atoms with Crippen LogP contribution in [0, 0.1) is 0 Å². The second-order valence-corrected chi connectivity index (χ2v) is 30.9. The van der Waals surface area contributed by atoms with Crippen molar-refractivity contribution in [3.8, 4) is 0 Å². The fraction of sp³-hybridized carbons (Fsp3) is 0.613. The molecular formula is C62H93NO6P2. The van der Waals surface area contributed by atoms with Gasteiger partial charge in [-0.05, 0) is 103 Å². The Labute approximate surface area is 431 Å². The number of rotatable bonds is 9. The van der Waals surface area contributed by atoms with Crippen LogP contribution in [0.3, 0.4) is 0 Å². The van der Waals surface area contributed by atoms with E-state index in [4.69, 9.17) is 25.8 Å². The second-order valence-electron chi connectivity index (χ2n) is 28.7. The van der Waals surface area contributed by atoms with Gasteiger partial charge >= 0.3 is 16.5 Å². The summed E-state index contributed by atoms with van der Waals surface area (Å²) in [7, 11) is -3.60. The van der Waals surface area contributed by atoms with Crippen LogP contribution < -0.4 is 14.4 Å². The van der Waals surface area contributed by atoms with Crippen LogP contribution in [-0.4, -0.2) is 25.8 Å². The van der Waals surface area contributed by atoms with Crippen LogP contribution in [-0.2, 0) is 43.3 Å². The van der Waals surface area contributed by atoms with Crippen LogP contribution in [0.5, 0.6) is 0 Å². The lowest BCUT2D eigenvalue weighted by atomic mass is 9.77. The Bertz CT molecular complexity index is 2800. The van der Waals surface area contributed by atoms with E-state index in [1.807, 2.05) is 0 Å². The summed E-state index contributed by atoms with van der Waals surface area (Å²) in [4.78, 5) is 0. The average molecular weight is 1010 g/mol. The maximum atomic E-state index is 7.02. The van der Waals surface area contributed by atoms with E-state index in [1.165, 1.54) is 22.3 Å². The summed E-state index contributed by atoms with van der Waals surface area (Å²) in [6.07, 6.45) is 0.744. The number of fused-ring (bicyclic) bond motifs is 6. The zero-order chi connectivity index (χ0) is 53.4. The molecule has 392 valence electrons. The summed E-state index contributed by atoms with van der Waals surface area (Å²) >= 11 is 0. The molecule has 6 aromatic rings. The van der Waals surface area contributed by atoms with Gasteiger partial charge in [0.15, 0.2) is 0 Å². The minimum atomic E-state index is -1.80. The van der Waals surface area contributed by atoms with Crippen molar-refractivity contribution in [1.82, 2.24) is 5.32 Å². The third-order valence-electron chi connectivity index (χ3n) is 13.8. The molecule has 0 aliphatic carbocycles. The van der Waals surface area contributed by atoms with E-state index >= 15 is 0 Å². The zero-order valence-electron chi connectivity index (χ0n) is 48.9. The lowest BCUT2D eigenvalue weighted by Gasteiger charge is -2.27. The maximum Gasteiger partial charge on any atom is 0.387 e. The summed E-state index contributed by atoms with van der Waals surface area (Å²) < 4.78 is 41.4. The smallest absolute Gasteiger partial charge is 0.387 e. The molecule has 9 heteroatoms. The van der Waals surface area contributed by atoms with Gasteiger partial charge in [-0.15, -0.1) is 0 Å². The lowest BCUT2D eigenvalue weighted by molar-refractivity contribution is 0.320. The Kier molecular flexibility index (Phi) is 15.8. The molecule has 7 nitrogen and oxygen atoms in total. The normalized spacial score (nSPS) is 14.3. The number of hydrogen-bond donors (Lipinski definition) is 1. The Morgan fingerprint density at radius 1 is 0.366 bits per heavy atom. The van der Waals surface area contributed by atoms with Crippen molar-refractivity contribution in [3.63, 3.8) is 0 Å². The van der Waals surface area contributed by atoms with Gasteiger partial charge < -0.3 is 22.1 Å². The first-order valence-electron chi connectivity index (χ1n) is 26.2. The summed E-state index contributed by atoms with van der Waals surface area (Å²) in [5.74, 6) is 0. The molecule has 0 saturated carbocycles. The Morgan fingerprint density at radius 3 is 0.831 bits per heavy atom. The molecule has 0 radical (unpaired) electrons. The molecule has 0 bridgehead atoms. The Morgan fingerprint density at radius 2 is 0.606 bits per heavy atom. The Balaban J connectivity index is 1.34. The SMILES string of the molecule is CC(CCOp1oc2c(C(C)(C)C)cc(C(C)(C)C)cc2c2cc(C(C)(C)C)cc(C(C)(C)C)c2o1)NCCOp1oc2c(C(C)(C)C)cc(C(C)(C)C)cc2c2cc(C(C)(C)C)cc(C(C)(C)C)c2o1. The summed E-state index contributed by atoms with van der Waals surface area (Å²) in [5.41, 5.74) is 12.1. The van der Waals surface area contributed by atoms with E-state index in [-0.39, 0.29) is 49.4 Å². The highest BCUT2D eigenvalue weighted by Crippen LogP contribution is 2.47. The second kappa shape index (κ2) is 19.7. The fourth-order valence-corrected chi connectivity index (χ4v) is 11.1. The summed E-state index contributed by atoms with van der Waals surface area (Å²) in [6.45, 7) is 58.2. The van der Waals surface area contributed by atoms with E-state index in [0.29, 0.717) is 19.8 Å². The number of nitrogens with one attached hydrogen (secondary N) is 1. The van der Waals surface area contributed by atoms with Crippen molar-refractivity contribution in [2.45, 2.75) is 229 Å². The fourth-order valence-electron chi connectivity index (χ4n) is 8.94. The predicted molar refractivity (Wildman–Crippen MR) is 307 cm³/mol. The van der Waals surface area contributed by atoms with Crippen molar-refractivity contribution >= 4 is 60.4 Å². The molecule has 0 spiro atoms. The van der Waals surface area contributed by atoms with Crippen molar-refractivity contribution in [2.24, 2.45) is 0 Å². The predicted octanol–water partition coefficient (Wildman–Crippen LogP) is 19.2. The lowest BCUT2D eigenvalue weighted by Crippen LogP contribution is -2.31. The van der Waals surface area contributed by atoms with Crippen LogP contribution in [0.25, 0.3) is 43.9 Å². The van der Waals surface area contributed by atoms with Crippen LogP contribution in [0.4, 0.5) is 0 Å². The molecule has 6 rings (SSSR count). The van der Waals surface area contributed by atoms with E-state index in [9.17, 15) is 0 Å². The molecule has 4 aromatic carbocycles. The van der Waals surface area contributed by atoms with Crippen LogP contribution >= 0.6 is 16.5 Å². The maximum absolute atomic E-state index is 7.02. The molecule has 0 saturated heterocycles. The van der Waals surface area contributed by atoms with Crippen molar-refractivity contribution in [3.05, 3.63) is 93.0 Å². The monoisotopic (exact) mass is 1010 g/mol. The third-order valence-corrected chi connectivity index (χ3v) is 15.9. The quantitative estimate of drug-likeness (QED) is 0.144. The first-order chi connectivity index (χ1) is 32.2. The van der Waals surface area contributed by atoms with Gasteiger partial charge in [0.2, 0.25) is 0 Å². The van der Waals surface area contributed by atoms with E-state index < -0.39 is 16.5 Å². The highest BCUT2D eigenvalue weighted by molar-refractivity contribution is 7.32. The molecule has 0 aliphatic rings. The average Bonchev–Trinajstić information content (AvgIpc) is 3.45. The highest BCUT2D eigenvalue weighted by atomic mass is 31.1. The van der Waals surface area contributed by atoms with Crippen molar-refractivity contribution < 1.29 is 25.8 Å². The van der Waals surface area contributed by atoms with Crippen LogP contribution in [0.2, 0.25) is 0 Å². The zero-order valence-corrected chi connectivity index (χ0v) is 50.7. The summed E-state index contributed by atoms with van der Waals surface area (Å²) in [6, 6.07) is 18.8. The van der Waals surface area contributed by atoms with Gasteiger partial charge in [0.1, 0.15) is 22.3 Å². The molecule has 1 N–H and O–H groups in total. The van der Waals surface area contributed by atoms with Gasteiger partial charge in [-0.25, -0.2) is 0 Å². The van der Waals surface area contributed by atoms with Gasteiger partial charge in [-0.3, -0.25) is 9.05 Å². The van der Waals surface area contributed by atoms with Gasteiger partial charge in [0, 0.05) is 56.4 Å². The summed E-state index contributed by atoms with van der Waals surface area (Å²) in [5, 5.41) is 7.97. The van der Waals surface area contributed by atoms with Gasteiger partial charge in [0.25, 0.3) is 0 Å². The van der Waals surface area contributed by atoms with E-state index in [2.05, 4.69) is 227 Å². The number of benzene rings is 4. The van der Waals surface area contributed by atoms with Crippen LogP contribution in [0.1, 0.15) is 224 Å². The molecule has 0 amide bonds. The molecule has 2 heterocycles. The Hall–Kier alpha value is -3.44. The molecular weight excluding hydrogens is 917 g/mol. The minimum Gasteiger partial charge on any atom is -0.399 e. The first-order valence-corrected chi connectivity index (χ1v) is 28.4. The topological polar surface area (TPSA) is 83.1 Å². The van der Waals surface area contributed by atoms with Crippen molar-refractivity contribution in [1.29, 1.82) is 0 Å². The molecule has 1 unspecified atom stereocenters. The first kappa shape index (κ1) is 56.8. The van der Waals surface area contributed by atoms with Crippen molar-refractivity contribution in [2.75, 3.05) is 19.8 Å².